The van der Waals surface area contributed by atoms with E-state index in [9.17, 15) is 9.59 Å². The first-order valence-corrected chi connectivity index (χ1v) is 7.88. The van der Waals surface area contributed by atoms with Crippen LogP contribution in [0, 0.1) is 0 Å². The molecule has 0 aliphatic carbocycles. The molecule has 2 heterocycles. The topological polar surface area (TPSA) is 49.9 Å². The van der Waals surface area contributed by atoms with Gasteiger partial charge >= 0.3 is 0 Å². The Morgan fingerprint density at radius 2 is 1.43 bits per heavy atom. The van der Waals surface area contributed by atoms with Crippen molar-refractivity contribution in [3.8, 4) is 0 Å². The lowest BCUT2D eigenvalue weighted by molar-refractivity contribution is 0.0474. The third kappa shape index (κ3) is 1.70. The molecular weight excluding hydrogens is 290 g/mol. The maximum absolute atomic E-state index is 13.0. The minimum atomic E-state index is -0.515. The van der Waals surface area contributed by atoms with E-state index in [0.717, 1.165) is 10.8 Å². The van der Waals surface area contributed by atoms with Crippen LogP contribution in [0.5, 0.6) is 0 Å². The summed E-state index contributed by atoms with van der Waals surface area (Å²) in [5.41, 5.74) is 0.326. The lowest BCUT2D eigenvalue weighted by Crippen LogP contribution is -2.52. The molecule has 0 saturated carbocycles. The maximum Gasteiger partial charge on any atom is 0.261 e. The van der Waals surface area contributed by atoms with E-state index in [-0.39, 0.29) is 23.5 Å². The summed E-state index contributed by atoms with van der Waals surface area (Å²) >= 11 is 0. The molecule has 4 rings (SSSR count). The van der Waals surface area contributed by atoms with E-state index in [1.165, 1.54) is 4.90 Å². The van der Waals surface area contributed by atoms with Gasteiger partial charge in [-0.25, -0.2) is 0 Å². The van der Waals surface area contributed by atoms with Crippen molar-refractivity contribution in [3.05, 3.63) is 47.5 Å². The fourth-order valence-corrected chi connectivity index (χ4v) is 3.74. The Balaban J connectivity index is 1.87. The van der Waals surface area contributed by atoms with Gasteiger partial charge in [0.05, 0.1) is 11.6 Å². The van der Waals surface area contributed by atoms with Crippen LogP contribution in [0.3, 0.4) is 0 Å². The molecule has 0 radical (unpaired) electrons. The lowest BCUT2D eigenvalue weighted by Gasteiger charge is -2.34. The number of epoxide rings is 1. The van der Waals surface area contributed by atoms with Crippen LogP contribution in [0.25, 0.3) is 10.8 Å². The molecule has 2 aromatic carbocycles. The van der Waals surface area contributed by atoms with Crippen molar-refractivity contribution in [2.24, 2.45) is 0 Å². The molecule has 0 aromatic heterocycles. The SMILES string of the molecule is CC(N1C(=O)c2cccc3cccc(c23)C1=O)C1(C)OC1(C)C. The van der Waals surface area contributed by atoms with E-state index in [0.29, 0.717) is 11.1 Å². The van der Waals surface area contributed by atoms with Gasteiger partial charge in [0.2, 0.25) is 0 Å². The number of hydrogen-bond donors (Lipinski definition) is 0. The Bertz CT molecular complexity index is 819. The smallest absolute Gasteiger partial charge is 0.261 e. The minimum absolute atomic E-state index is 0.237. The third-order valence-electron chi connectivity index (χ3n) is 5.61. The predicted octanol–water partition coefficient (Wildman–Crippen LogP) is 3.39. The van der Waals surface area contributed by atoms with Crippen molar-refractivity contribution in [1.29, 1.82) is 0 Å². The third-order valence-corrected chi connectivity index (χ3v) is 5.61. The molecule has 0 spiro atoms. The molecule has 118 valence electrons. The van der Waals surface area contributed by atoms with Crippen molar-refractivity contribution >= 4 is 22.6 Å². The highest BCUT2D eigenvalue weighted by Crippen LogP contribution is 2.51. The van der Waals surface area contributed by atoms with Gasteiger partial charge in [0, 0.05) is 16.5 Å². The summed E-state index contributed by atoms with van der Waals surface area (Å²) in [6.07, 6.45) is 0. The zero-order valence-electron chi connectivity index (χ0n) is 13.7. The number of amides is 2. The Morgan fingerprint density at radius 1 is 0.957 bits per heavy atom. The summed E-state index contributed by atoms with van der Waals surface area (Å²) in [6.45, 7) is 7.81. The van der Waals surface area contributed by atoms with Gasteiger partial charge in [-0.2, -0.15) is 0 Å². The Kier molecular flexibility index (Phi) is 2.63. The van der Waals surface area contributed by atoms with E-state index >= 15 is 0 Å². The fraction of sp³-hybridized carbons (Fsp3) is 0.368. The molecular formula is C19H19NO3. The second-order valence-corrected chi connectivity index (χ2v) is 7.08. The Morgan fingerprint density at radius 3 is 1.87 bits per heavy atom. The number of carbonyl (C=O) groups excluding carboxylic acids is 2. The molecule has 1 saturated heterocycles. The van der Waals surface area contributed by atoms with Gasteiger partial charge in [-0.15, -0.1) is 0 Å². The largest absolute Gasteiger partial charge is 0.361 e. The van der Waals surface area contributed by atoms with E-state index in [1.54, 1.807) is 12.1 Å². The first kappa shape index (κ1) is 14.4. The van der Waals surface area contributed by atoms with E-state index in [4.69, 9.17) is 4.74 Å². The quantitative estimate of drug-likeness (QED) is 0.631. The van der Waals surface area contributed by atoms with Crippen molar-refractivity contribution < 1.29 is 14.3 Å². The van der Waals surface area contributed by atoms with Crippen LogP contribution in [0.1, 0.15) is 48.4 Å². The second kappa shape index (κ2) is 4.20. The van der Waals surface area contributed by atoms with Gasteiger partial charge in [0.15, 0.2) is 0 Å². The van der Waals surface area contributed by atoms with Crippen molar-refractivity contribution in [2.45, 2.75) is 44.9 Å². The zero-order valence-corrected chi connectivity index (χ0v) is 13.7. The van der Waals surface area contributed by atoms with Crippen molar-refractivity contribution in [2.75, 3.05) is 0 Å². The number of hydrogen-bond acceptors (Lipinski definition) is 3. The number of imide groups is 1. The van der Waals surface area contributed by atoms with E-state index in [1.807, 2.05) is 52.0 Å². The molecule has 2 aliphatic rings. The van der Waals surface area contributed by atoms with E-state index < -0.39 is 5.60 Å². The molecule has 0 N–H and O–H groups in total. The molecule has 0 bridgehead atoms. The first-order chi connectivity index (χ1) is 10.8. The summed E-state index contributed by atoms with van der Waals surface area (Å²) in [7, 11) is 0. The van der Waals surface area contributed by atoms with Crippen LogP contribution < -0.4 is 0 Å². The molecule has 1 fully saturated rings. The monoisotopic (exact) mass is 309 g/mol. The average Bonchev–Trinajstić information content (AvgIpc) is 3.04. The molecule has 23 heavy (non-hydrogen) atoms. The van der Waals surface area contributed by atoms with Gasteiger partial charge < -0.3 is 4.74 Å². The molecule has 2 aliphatic heterocycles. The normalized spacial score (nSPS) is 26.5. The van der Waals surface area contributed by atoms with E-state index in [2.05, 4.69) is 0 Å². The average molecular weight is 309 g/mol. The maximum atomic E-state index is 13.0. The number of ether oxygens (including phenoxy) is 1. The predicted molar refractivity (Wildman–Crippen MR) is 87.5 cm³/mol. The second-order valence-electron chi connectivity index (χ2n) is 7.08. The van der Waals surface area contributed by atoms with Crippen LogP contribution in [-0.2, 0) is 4.74 Å². The number of benzene rings is 2. The van der Waals surface area contributed by atoms with Crippen LogP contribution in [0.15, 0.2) is 36.4 Å². The number of carbonyl (C=O) groups is 2. The summed E-state index contributed by atoms with van der Waals surface area (Å²) < 4.78 is 5.82. The highest BCUT2D eigenvalue weighted by atomic mass is 16.6. The number of nitrogens with zero attached hydrogens (tertiary/aromatic N) is 1. The molecule has 2 aromatic rings. The summed E-state index contributed by atoms with van der Waals surface area (Å²) in [5, 5.41) is 1.68. The number of rotatable bonds is 2. The van der Waals surface area contributed by atoms with Gasteiger partial charge in [-0.05, 0) is 45.2 Å². The van der Waals surface area contributed by atoms with Crippen LogP contribution >= 0.6 is 0 Å². The standard InChI is InChI=1S/C19H19NO3/c1-11(19(4)18(2,3)23-19)20-16(21)13-9-5-7-12-8-6-10-14(15(12)13)17(20)22/h5-11H,1-4H3. The Labute approximate surface area is 135 Å². The Hall–Kier alpha value is -2.20. The molecule has 2 atom stereocenters. The fourth-order valence-electron chi connectivity index (χ4n) is 3.74. The lowest BCUT2D eigenvalue weighted by atomic mass is 9.87. The van der Waals surface area contributed by atoms with Crippen molar-refractivity contribution in [1.82, 2.24) is 4.90 Å². The van der Waals surface area contributed by atoms with Gasteiger partial charge in [0.1, 0.15) is 5.60 Å². The molecule has 4 heteroatoms. The summed E-state index contributed by atoms with van der Waals surface area (Å²) in [4.78, 5) is 27.3. The van der Waals surface area contributed by atoms with Crippen LogP contribution in [0.2, 0.25) is 0 Å². The van der Waals surface area contributed by atoms with Gasteiger partial charge in [0.25, 0.3) is 11.8 Å². The van der Waals surface area contributed by atoms with Gasteiger partial charge in [-0.1, -0.05) is 24.3 Å². The minimum Gasteiger partial charge on any atom is -0.361 e. The highest BCUT2D eigenvalue weighted by molar-refractivity contribution is 6.25. The first-order valence-electron chi connectivity index (χ1n) is 7.88. The molecule has 4 nitrogen and oxygen atoms in total. The zero-order chi connectivity index (χ0) is 16.6. The van der Waals surface area contributed by atoms with Crippen molar-refractivity contribution in [3.63, 3.8) is 0 Å². The summed E-state index contributed by atoms with van der Waals surface area (Å²) in [5.74, 6) is -0.473. The molecule has 2 amide bonds. The van der Waals surface area contributed by atoms with Gasteiger partial charge in [-0.3, -0.25) is 14.5 Å². The van der Waals surface area contributed by atoms with Crippen LogP contribution in [0.4, 0.5) is 0 Å². The molecule has 2 unspecified atom stereocenters. The highest BCUT2D eigenvalue weighted by Gasteiger charge is 2.65. The van der Waals surface area contributed by atoms with Crippen LogP contribution in [-0.4, -0.2) is 34.0 Å². The summed E-state index contributed by atoms with van der Waals surface area (Å²) in [6, 6.07) is 10.8.